The molecule has 0 saturated carbocycles. The first-order valence-corrected chi connectivity index (χ1v) is 8.34. The van der Waals surface area contributed by atoms with E-state index in [1.807, 2.05) is 12.3 Å². The average Bonchev–Trinajstić information content (AvgIpc) is 2.48. The van der Waals surface area contributed by atoms with Gasteiger partial charge in [-0.15, -0.1) is 11.8 Å². The molecule has 0 spiro atoms. The van der Waals surface area contributed by atoms with E-state index in [1.165, 1.54) is 0 Å². The predicted octanol–water partition coefficient (Wildman–Crippen LogP) is 3.39. The highest BCUT2D eigenvalue weighted by atomic mass is 35.5. The molecule has 1 aromatic rings. The number of hydrogen-bond donors (Lipinski definition) is 1. The van der Waals surface area contributed by atoms with Crippen LogP contribution in [0.2, 0.25) is 5.02 Å². The SMILES string of the molecule is CSc1ccc(Cl)c(C(=O)N2CCC(C)(C(=O)O)CC2)c1. The Kier molecular flexibility index (Phi) is 4.84. The molecule has 1 heterocycles. The fourth-order valence-corrected chi connectivity index (χ4v) is 3.02. The molecule has 1 aliphatic rings. The van der Waals surface area contributed by atoms with Gasteiger partial charge in [0.05, 0.1) is 16.0 Å². The molecule has 0 bridgehead atoms. The van der Waals surface area contributed by atoms with E-state index >= 15 is 0 Å². The van der Waals surface area contributed by atoms with Gasteiger partial charge in [0, 0.05) is 18.0 Å². The summed E-state index contributed by atoms with van der Waals surface area (Å²) in [6.07, 6.45) is 2.87. The Bertz CT molecular complexity index is 568. The summed E-state index contributed by atoms with van der Waals surface area (Å²) in [4.78, 5) is 26.5. The molecular weight excluding hydrogens is 310 g/mol. The van der Waals surface area contributed by atoms with E-state index in [9.17, 15) is 14.7 Å². The summed E-state index contributed by atoms with van der Waals surface area (Å²) < 4.78 is 0. The molecule has 1 amide bonds. The van der Waals surface area contributed by atoms with Gasteiger partial charge in [-0.2, -0.15) is 0 Å². The number of carboxylic acid groups (broad SMARTS) is 1. The molecule has 0 radical (unpaired) electrons. The molecule has 0 unspecified atom stereocenters. The standard InChI is InChI=1S/C15H18ClNO3S/c1-15(14(19)20)5-7-17(8-6-15)13(18)11-9-10(21-2)3-4-12(11)16/h3-4,9H,5-8H2,1-2H3,(H,19,20). The minimum absolute atomic E-state index is 0.122. The summed E-state index contributed by atoms with van der Waals surface area (Å²) in [5.74, 6) is -0.916. The van der Waals surface area contributed by atoms with Crippen molar-refractivity contribution in [3.63, 3.8) is 0 Å². The zero-order chi connectivity index (χ0) is 15.6. The third kappa shape index (κ3) is 3.35. The van der Waals surface area contributed by atoms with Crippen LogP contribution in [0.5, 0.6) is 0 Å². The molecule has 1 aliphatic heterocycles. The summed E-state index contributed by atoms with van der Waals surface area (Å²) in [6.45, 7) is 2.63. The van der Waals surface area contributed by atoms with Crippen LogP contribution >= 0.6 is 23.4 Å². The largest absolute Gasteiger partial charge is 0.481 e. The van der Waals surface area contributed by atoms with Gasteiger partial charge < -0.3 is 10.0 Å². The van der Waals surface area contributed by atoms with Crippen molar-refractivity contribution in [1.29, 1.82) is 0 Å². The first-order chi connectivity index (χ1) is 9.87. The Balaban J connectivity index is 2.14. The van der Waals surface area contributed by atoms with E-state index in [4.69, 9.17) is 11.6 Å². The second kappa shape index (κ2) is 6.28. The van der Waals surface area contributed by atoms with Crippen LogP contribution in [0.1, 0.15) is 30.1 Å². The lowest BCUT2D eigenvalue weighted by atomic mass is 9.80. The number of rotatable bonds is 3. The first-order valence-electron chi connectivity index (χ1n) is 6.73. The van der Waals surface area contributed by atoms with Gasteiger partial charge in [0.1, 0.15) is 0 Å². The summed E-state index contributed by atoms with van der Waals surface area (Å²) in [5.41, 5.74) is -0.246. The summed E-state index contributed by atoms with van der Waals surface area (Å²) >= 11 is 7.68. The van der Waals surface area contributed by atoms with Gasteiger partial charge >= 0.3 is 5.97 Å². The number of likely N-dealkylation sites (tertiary alicyclic amines) is 1. The second-order valence-corrected chi connectivity index (χ2v) is 6.79. The zero-order valence-corrected chi connectivity index (χ0v) is 13.6. The van der Waals surface area contributed by atoms with Gasteiger partial charge in [0.25, 0.3) is 5.91 Å². The summed E-state index contributed by atoms with van der Waals surface area (Å²) in [7, 11) is 0. The lowest BCUT2D eigenvalue weighted by Crippen LogP contribution is -2.45. The number of amides is 1. The first kappa shape index (κ1) is 16.2. The Labute approximate surface area is 133 Å². The lowest BCUT2D eigenvalue weighted by molar-refractivity contribution is -0.150. The van der Waals surface area contributed by atoms with Crippen LogP contribution in [-0.4, -0.2) is 41.2 Å². The number of benzene rings is 1. The molecule has 1 saturated heterocycles. The molecule has 21 heavy (non-hydrogen) atoms. The van der Waals surface area contributed by atoms with Gasteiger partial charge in [-0.05, 0) is 44.2 Å². The minimum atomic E-state index is -0.794. The molecule has 0 aromatic heterocycles. The van der Waals surface area contributed by atoms with Crippen molar-refractivity contribution in [2.45, 2.75) is 24.7 Å². The van der Waals surface area contributed by atoms with Gasteiger partial charge in [-0.1, -0.05) is 11.6 Å². The van der Waals surface area contributed by atoms with Crippen LogP contribution in [0.15, 0.2) is 23.1 Å². The minimum Gasteiger partial charge on any atom is -0.481 e. The molecule has 0 aliphatic carbocycles. The van der Waals surface area contributed by atoms with Crippen LogP contribution < -0.4 is 0 Å². The smallest absolute Gasteiger partial charge is 0.309 e. The number of carboxylic acids is 1. The van der Waals surface area contributed by atoms with Crippen molar-refractivity contribution in [3.05, 3.63) is 28.8 Å². The predicted molar refractivity (Wildman–Crippen MR) is 84.1 cm³/mol. The van der Waals surface area contributed by atoms with Crippen LogP contribution in [-0.2, 0) is 4.79 Å². The fraction of sp³-hybridized carbons (Fsp3) is 0.467. The van der Waals surface area contributed by atoms with Gasteiger partial charge in [0.15, 0.2) is 0 Å². The number of nitrogens with zero attached hydrogens (tertiary/aromatic N) is 1. The highest BCUT2D eigenvalue weighted by molar-refractivity contribution is 7.98. The van der Waals surface area contributed by atoms with Crippen molar-refractivity contribution < 1.29 is 14.7 Å². The van der Waals surface area contributed by atoms with Crippen LogP contribution in [0.25, 0.3) is 0 Å². The van der Waals surface area contributed by atoms with Crippen molar-refractivity contribution in [1.82, 2.24) is 4.90 Å². The maximum absolute atomic E-state index is 12.6. The number of aliphatic carboxylic acids is 1. The fourth-order valence-electron chi connectivity index (χ4n) is 2.38. The highest BCUT2D eigenvalue weighted by Gasteiger charge is 2.38. The van der Waals surface area contributed by atoms with Crippen LogP contribution in [0.4, 0.5) is 0 Å². The van der Waals surface area contributed by atoms with Crippen molar-refractivity contribution >= 4 is 35.2 Å². The van der Waals surface area contributed by atoms with Gasteiger partial charge in [-0.25, -0.2) is 0 Å². The summed E-state index contributed by atoms with van der Waals surface area (Å²) in [6, 6.07) is 5.40. The molecule has 2 rings (SSSR count). The molecule has 1 N–H and O–H groups in total. The number of halogens is 1. The van der Waals surface area contributed by atoms with E-state index < -0.39 is 11.4 Å². The number of carbonyl (C=O) groups is 2. The van der Waals surface area contributed by atoms with E-state index in [-0.39, 0.29) is 5.91 Å². The maximum atomic E-state index is 12.6. The maximum Gasteiger partial charge on any atom is 0.309 e. The second-order valence-electron chi connectivity index (χ2n) is 5.50. The van der Waals surface area contributed by atoms with Crippen molar-refractivity contribution in [2.24, 2.45) is 5.41 Å². The van der Waals surface area contributed by atoms with E-state index in [0.717, 1.165) is 4.90 Å². The molecule has 114 valence electrons. The number of thioether (sulfide) groups is 1. The number of hydrogen-bond acceptors (Lipinski definition) is 3. The lowest BCUT2D eigenvalue weighted by Gasteiger charge is -2.36. The molecule has 4 nitrogen and oxygen atoms in total. The zero-order valence-electron chi connectivity index (χ0n) is 12.1. The highest BCUT2D eigenvalue weighted by Crippen LogP contribution is 2.32. The van der Waals surface area contributed by atoms with E-state index in [2.05, 4.69) is 0 Å². The monoisotopic (exact) mass is 327 g/mol. The Hall–Kier alpha value is -1.20. The topological polar surface area (TPSA) is 57.6 Å². The third-order valence-electron chi connectivity index (χ3n) is 4.07. The number of piperidine rings is 1. The van der Waals surface area contributed by atoms with Gasteiger partial charge in [0.2, 0.25) is 0 Å². The van der Waals surface area contributed by atoms with E-state index in [0.29, 0.717) is 36.5 Å². The molecular formula is C15H18ClNO3S. The van der Waals surface area contributed by atoms with Gasteiger partial charge in [-0.3, -0.25) is 9.59 Å². The third-order valence-corrected chi connectivity index (χ3v) is 5.13. The Morgan fingerprint density at radius 3 is 2.48 bits per heavy atom. The van der Waals surface area contributed by atoms with Crippen molar-refractivity contribution in [2.75, 3.05) is 19.3 Å². The normalized spacial score (nSPS) is 17.6. The molecule has 6 heteroatoms. The Morgan fingerprint density at radius 1 is 1.33 bits per heavy atom. The van der Waals surface area contributed by atoms with E-state index in [1.54, 1.807) is 35.7 Å². The summed E-state index contributed by atoms with van der Waals surface area (Å²) in [5, 5.41) is 9.66. The quantitative estimate of drug-likeness (QED) is 0.865. The molecule has 0 atom stereocenters. The molecule has 1 fully saturated rings. The van der Waals surface area contributed by atoms with Crippen LogP contribution in [0.3, 0.4) is 0 Å². The van der Waals surface area contributed by atoms with Crippen molar-refractivity contribution in [3.8, 4) is 0 Å². The average molecular weight is 328 g/mol. The Morgan fingerprint density at radius 2 is 1.95 bits per heavy atom. The number of carbonyl (C=O) groups excluding carboxylic acids is 1. The molecule has 1 aromatic carbocycles. The van der Waals surface area contributed by atoms with Crippen LogP contribution in [0, 0.1) is 5.41 Å².